The number of rotatable bonds is 4. The molecule has 0 radical (unpaired) electrons. The molecule has 1 atom stereocenters. The minimum Gasteiger partial charge on any atom is -0.399 e. The summed E-state index contributed by atoms with van der Waals surface area (Å²) < 4.78 is 0. The van der Waals surface area contributed by atoms with Crippen LogP contribution in [0.5, 0.6) is 0 Å². The Balaban J connectivity index is 2.01. The molecule has 7 heteroatoms. The number of benzene rings is 1. The van der Waals surface area contributed by atoms with E-state index in [-0.39, 0.29) is 27.8 Å². The Bertz CT molecular complexity index is 646. The highest BCUT2D eigenvalue weighted by molar-refractivity contribution is 6.42. The monoisotopic (exact) mass is 324 g/mol. The molecule has 21 heavy (non-hydrogen) atoms. The van der Waals surface area contributed by atoms with Gasteiger partial charge in [-0.1, -0.05) is 42.3 Å². The van der Waals surface area contributed by atoms with Gasteiger partial charge in [-0.05, 0) is 23.6 Å². The summed E-state index contributed by atoms with van der Waals surface area (Å²) in [4.78, 5) is 19.6. The second-order valence-electron chi connectivity index (χ2n) is 4.65. The number of nitrogens with zero attached hydrogens (tertiary/aromatic N) is 2. The van der Waals surface area contributed by atoms with Crippen molar-refractivity contribution in [2.75, 3.05) is 11.1 Å². The fourth-order valence-corrected chi connectivity index (χ4v) is 2.12. The van der Waals surface area contributed by atoms with Crippen molar-refractivity contribution in [3.63, 3.8) is 0 Å². The van der Waals surface area contributed by atoms with Gasteiger partial charge in [-0.15, -0.1) is 0 Å². The number of hydrogen-bond donors (Lipinski definition) is 2. The van der Waals surface area contributed by atoms with Crippen molar-refractivity contribution in [2.45, 2.75) is 19.3 Å². The number of halogens is 2. The lowest BCUT2D eigenvalue weighted by Crippen LogP contribution is -2.15. The van der Waals surface area contributed by atoms with Gasteiger partial charge in [-0.2, -0.15) is 0 Å². The molecule has 2 rings (SSSR count). The van der Waals surface area contributed by atoms with Crippen LogP contribution in [0.15, 0.2) is 30.6 Å². The van der Waals surface area contributed by atoms with Crippen LogP contribution in [-0.4, -0.2) is 15.9 Å². The maximum atomic E-state index is 12.0. The molecule has 0 saturated carbocycles. The highest BCUT2D eigenvalue weighted by Gasteiger charge is 2.14. The summed E-state index contributed by atoms with van der Waals surface area (Å²) in [6.07, 6.45) is 1.54. The quantitative estimate of drug-likeness (QED) is 0.666. The first-order valence-electron chi connectivity index (χ1n) is 6.28. The molecule has 1 heterocycles. The van der Waals surface area contributed by atoms with Gasteiger partial charge in [-0.25, -0.2) is 9.97 Å². The Kier molecular flexibility index (Phi) is 4.98. The van der Waals surface area contributed by atoms with E-state index in [1.165, 1.54) is 6.33 Å². The lowest BCUT2D eigenvalue weighted by Gasteiger charge is -2.12. The average molecular weight is 325 g/mol. The molecule has 0 fully saturated rings. The zero-order valence-corrected chi connectivity index (χ0v) is 12.8. The smallest absolute Gasteiger partial charge is 0.226 e. The van der Waals surface area contributed by atoms with Crippen molar-refractivity contribution >= 4 is 40.6 Å². The molecule has 110 valence electrons. The number of nitrogens with one attached hydrogen (secondary N) is 1. The second-order valence-corrected chi connectivity index (χ2v) is 5.38. The van der Waals surface area contributed by atoms with E-state index in [1.807, 2.05) is 31.2 Å². The Morgan fingerprint density at radius 3 is 2.62 bits per heavy atom. The van der Waals surface area contributed by atoms with Crippen molar-refractivity contribution in [1.82, 2.24) is 9.97 Å². The van der Waals surface area contributed by atoms with E-state index < -0.39 is 0 Å². The number of carbonyl (C=O) groups excluding carboxylic acids is 1. The maximum absolute atomic E-state index is 12.0. The number of amides is 1. The van der Waals surface area contributed by atoms with Gasteiger partial charge in [-0.3, -0.25) is 4.79 Å². The Morgan fingerprint density at radius 1 is 1.29 bits per heavy atom. The summed E-state index contributed by atoms with van der Waals surface area (Å²) in [7, 11) is 0. The van der Waals surface area contributed by atoms with Crippen LogP contribution in [0.3, 0.4) is 0 Å². The maximum Gasteiger partial charge on any atom is 0.226 e. The Hall–Kier alpha value is -1.85. The van der Waals surface area contributed by atoms with Gasteiger partial charge in [0, 0.05) is 12.1 Å². The highest BCUT2D eigenvalue weighted by atomic mass is 35.5. The van der Waals surface area contributed by atoms with Gasteiger partial charge in [0.2, 0.25) is 5.91 Å². The van der Waals surface area contributed by atoms with Crippen molar-refractivity contribution in [2.24, 2.45) is 0 Å². The third kappa shape index (κ3) is 4.06. The van der Waals surface area contributed by atoms with Gasteiger partial charge >= 0.3 is 0 Å². The van der Waals surface area contributed by atoms with E-state index in [2.05, 4.69) is 15.3 Å². The van der Waals surface area contributed by atoms with Crippen molar-refractivity contribution in [3.05, 3.63) is 46.3 Å². The summed E-state index contributed by atoms with van der Waals surface area (Å²) in [5.41, 5.74) is 7.37. The molecular weight excluding hydrogens is 311 g/mol. The van der Waals surface area contributed by atoms with Crippen LogP contribution >= 0.6 is 23.2 Å². The molecule has 0 saturated heterocycles. The fourth-order valence-electron chi connectivity index (χ4n) is 1.84. The van der Waals surface area contributed by atoms with Gasteiger partial charge in [0.1, 0.15) is 11.3 Å². The molecule has 1 aromatic heterocycles. The van der Waals surface area contributed by atoms with Gasteiger partial charge in [0.25, 0.3) is 0 Å². The predicted octanol–water partition coefficient (Wildman–Crippen LogP) is 3.50. The van der Waals surface area contributed by atoms with E-state index in [0.29, 0.717) is 12.1 Å². The number of nitrogens with two attached hydrogens (primary N) is 1. The molecule has 3 N–H and O–H groups in total. The van der Waals surface area contributed by atoms with Crippen molar-refractivity contribution in [3.8, 4) is 0 Å². The van der Waals surface area contributed by atoms with Crippen LogP contribution in [0, 0.1) is 0 Å². The number of carbonyl (C=O) groups is 1. The summed E-state index contributed by atoms with van der Waals surface area (Å²) in [5.74, 6) is 0.0591. The SMILES string of the molecule is CC(CC(=O)Nc1ncnc(Cl)c1Cl)c1ccc(N)cc1. The third-order valence-electron chi connectivity index (χ3n) is 3.00. The van der Waals surface area contributed by atoms with E-state index in [9.17, 15) is 4.79 Å². The average Bonchev–Trinajstić information content (AvgIpc) is 2.44. The number of hydrogen-bond acceptors (Lipinski definition) is 4. The summed E-state index contributed by atoms with van der Waals surface area (Å²) >= 11 is 11.7. The Morgan fingerprint density at radius 2 is 1.95 bits per heavy atom. The van der Waals surface area contributed by atoms with Crippen LogP contribution in [0.2, 0.25) is 10.2 Å². The van der Waals surface area contributed by atoms with Gasteiger partial charge < -0.3 is 11.1 Å². The van der Waals surface area contributed by atoms with E-state index in [0.717, 1.165) is 5.56 Å². The molecule has 1 aromatic carbocycles. The topological polar surface area (TPSA) is 80.9 Å². The molecule has 0 aliphatic rings. The molecule has 5 nitrogen and oxygen atoms in total. The molecule has 0 spiro atoms. The van der Waals surface area contributed by atoms with E-state index in [4.69, 9.17) is 28.9 Å². The van der Waals surface area contributed by atoms with Crippen LogP contribution in [-0.2, 0) is 4.79 Å². The van der Waals surface area contributed by atoms with Gasteiger partial charge in [0.05, 0.1) is 0 Å². The van der Waals surface area contributed by atoms with Crippen LogP contribution in [0.25, 0.3) is 0 Å². The largest absolute Gasteiger partial charge is 0.399 e. The molecule has 0 aliphatic heterocycles. The number of anilines is 2. The molecule has 0 aliphatic carbocycles. The third-order valence-corrected chi connectivity index (χ3v) is 3.74. The van der Waals surface area contributed by atoms with Crippen LogP contribution < -0.4 is 11.1 Å². The number of nitrogen functional groups attached to an aromatic ring is 1. The van der Waals surface area contributed by atoms with Crippen molar-refractivity contribution in [1.29, 1.82) is 0 Å². The standard InChI is InChI=1S/C14H14Cl2N4O/c1-8(9-2-4-10(17)5-3-9)6-11(21)20-14-12(15)13(16)18-7-19-14/h2-5,7-8H,6,17H2,1H3,(H,18,19,20,21). The van der Waals surface area contributed by atoms with E-state index in [1.54, 1.807) is 0 Å². The summed E-state index contributed by atoms with van der Waals surface area (Å²) in [6, 6.07) is 7.43. The normalized spacial score (nSPS) is 12.0. The first-order chi connectivity index (χ1) is 9.97. The minimum atomic E-state index is -0.198. The predicted molar refractivity (Wildman–Crippen MR) is 84.6 cm³/mol. The highest BCUT2D eigenvalue weighted by Crippen LogP contribution is 2.26. The first-order valence-corrected chi connectivity index (χ1v) is 7.04. The zero-order chi connectivity index (χ0) is 15.4. The van der Waals surface area contributed by atoms with Crippen molar-refractivity contribution < 1.29 is 4.79 Å². The molecule has 0 bridgehead atoms. The van der Waals surface area contributed by atoms with E-state index >= 15 is 0 Å². The Labute approximate surface area is 132 Å². The zero-order valence-electron chi connectivity index (χ0n) is 11.3. The summed E-state index contributed by atoms with van der Waals surface area (Å²) in [6.45, 7) is 1.96. The van der Waals surface area contributed by atoms with Gasteiger partial charge in [0.15, 0.2) is 11.0 Å². The molecular formula is C14H14Cl2N4O. The summed E-state index contributed by atoms with van der Waals surface area (Å²) in [5, 5.41) is 2.87. The fraction of sp³-hybridized carbons (Fsp3) is 0.214. The lowest BCUT2D eigenvalue weighted by molar-refractivity contribution is -0.116. The molecule has 1 unspecified atom stereocenters. The minimum absolute atomic E-state index is 0.0432. The lowest BCUT2D eigenvalue weighted by atomic mass is 9.97. The second kappa shape index (κ2) is 6.74. The number of aromatic nitrogens is 2. The van der Waals surface area contributed by atoms with Crippen LogP contribution in [0.1, 0.15) is 24.8 Å². The van der Waals surface area contributed by atoms with Crippen LogP contribution in [0.4, 0.5) is 11.5 Å². The molecule has 1 amide bonds. The first kappa shape index (κ1) is 15.5. The molecule has 2 aromatic rings.